The van der Waals surface area contributed by atoms with Crippen molar-refractivity contribution < 1.29 is 28.9 Å². The van der Waals surface area contributed by atoms with Crippen LogP contribution in [0.2, 0.25) is 0 Å². The average molecular weight is 375 g/mol. The summed E-state index contributed by atoms with van der Waals surface area (Å²) in [6.45, 7) is 3.47. The summed E-state index contributed by atoms with van der Waals surface area (Å²) in [5.41, 5.74) is 6.06. The number of ether oxygens (including phenoxy) is 2. The maximum Gasteiger partial charge on any atom is 0.325 e. The van der Waals surface area contributed by atoms with Crippen LogP contribution in [0.3, 0.4) is 0 Å². The topological polar surface area (TPSA) is 165 Å². The lowest BCUT2D eigenvalue weighted by Gasteiger charge is -2.18. The Kier molecular flexibility index (Phi) is 6.09. The van der Waals surface area contributed by atoms with Crippen molar-refractivity contribution in [1.29, 1.82) is 0 Å². The van der Waals surface area contributed by atoms with Gasteiger partial charge in [-0.3, -0.25) is 14.1 Å². The Morgan fingerprint density at radius 2 is 2.28 bits per heavy atom. The quantitative estimate of drug-likeness (QED) is 0.278. The number of imidazole rings is 1. The Bertz CT molecular complexity index is 701. The Morgan fingerprint density at radius 3 is 2.80 bits per heavy atom. The summed E-state index contributed by atoms with van der Waals surface area (Å²) in [5, 5.41) is 10.5. The smallest absolute Gasteiger partial charge is 0.325 e. The molecule has 1 aromatic rings. The van der Waals surface area contributed by atoms with Crippen molar-refractivity contribution >= 4 is 26.0 Å². The number of aromatic nitrogens is 2. The fourth-order valence-electron chi connectivity index (χ4n) is 2.75. The molecule has 1 fully saturated rings. The van der Waals surface area contributed by atoms with Crippen LogP contribution in [0.5, 0.6) is 0 Å². The number of methoxy groups -OCH3 is 1. The number of amidine groups is 1. The minimum Gasteiger partial charge on any atom is -0.386 e. The largest absolute Gasteiger partial charge is 0.386 e. The van der Waals surface area contributed by atoms with Gasteiger partial charge in [-0.25, -0.2) is 9.98 Å². The average Bonchev–Trinajstić information content (AvgIpc) is 3.11. The van der Waals surface area contributed by atoms with Gasteiger partial charge in [-0.05, 0) is 13.1 Å². The molecule has 0 bridgehead atoms. The Hall–Kier alpha value is -1.62. The molecule has 140 valence electrons. The molecule has 0 aliphatic carbocycles. The zero-order valence-electron chi connectivity index (χ0n) is 13.9. The number of nitrogens with two attached hydrogens (primary N) is 1. The monoisotopic (exact) mass is 375 g/mol. The van der Waals surface area contributed by atoms with Crippen LogP contribution in [0, 0.1) is 0 Å². The predicted octanol–water partition coefficient (Wildman–Crippen LogP) is -0.609. The highest BCUT2D eigenvalue weighted by molar-refractivity contribution is 7.51. The standard InChI is InChI=1S/C13H22N5O6P/c1-15-11(14)8-12(16-2)18(6-17-8)13-9(19)10(23-3)7(24-13)4-5-25(20,21)22/h6-7,9-10,13,19H,2,4-5H2,1,3H3,(H2,14,15)(H2,20,21,22)/t7-,9-,10-,13-/m1/s1. The van der Waals surface area contributed by atoms with Crippen molar-refractivity contribution in [3.05, 3.63) is 12.0 Å². The van der Waals surface area contributed by atoms with E-state index in [1.54, 1.807) is 0 Å². The first-order chi connectivity index (χ1) is 11.7. The van der Waals surface area contributed by atoms with Crippen molar-refractivity contribution in [2.75, 3.05) is 20.3 Å². The number of aliphatic hydroxyl groups excluding tert-OH is 1. The van der Waals surface area contributed by atoms with E-state index in [0.29, 0.717) is 5.69 Å². The summed E-state index contributed by atoms with van der Waals surface area (Å²) in [5.74, 6) is 0.410. The molecule has 2 heterocycles. The molecule has 1 aliphatic rings. The molecule has 0 amide bonds. The molecule has 1 aromatic heterocycles. The molecular formula is C13H22N5O6P. The maximum atomic E-state index is 11.1. The molecule has 0 saturated carbocycles. The highest BCUT2D eigenvalue weighted by atomic mass is 31.2. The van der Waals surface area contributed by atoms with E-state index in [1.807, 2.05) is 0 Å². The van der Waals surface area contributed by atoms with Crippen molar-refractivity contribution in [3.63, 3.8) is 0 Å². The number of hydrogen-bond acceptors (Lipinski definition) is 7. The van der Waals surface area contributed by atoms with E-state index in [0.717, 1.165) is 0 Å². The van der Waals surface area contributed by atoms with Crippen LogP contribution in [-0.2, 0) is 14.0 Å². The summed E-state index contributed by atoms with van der Waals surface area (Å²) >= 11 is 0. The second kappa shape index (κ2) is 7.73. The van der Waals surface area contributed by atoms with Gasteiger partial charge in [0.1, 0.15) is 23.7 Å². The zero-order valence-corrected chi connectivity index (χ0v) is 14.8. The maximum absolute atomic E-state index is 11.1. The third-order valence-electron chi connectivity index (χ3n) is 3.96. The molecule has 25 heavy (non-hydrogen) atoms. The zero-order chi connectivity index (χ0) is 18.8. The van der Waals surface area contributed by atoms with Crippen LogP contribution in [0.4, 0.5) is 5.82 Å². The van der Waals surface area contributed by atoms with Gasteiger partial charge in [0, 0.05) is 14.2 Å². The van der Waals surface area contributed by atoms with E-state index < -0.39 is 32.1 Å². The molecule has 11 nitrogen and oxygen atoms in total. The van der Waals surface area contributed by atoms with Crippen molar-refractivity contribution in [2.45, 2.75) is 31.0 Å². The van der Waals surface area contributed by atoms with Gasteiger partial charge in [0.25, 0.3) is 0 Å². The van der Waals surface area contributed by atoms with Gasteiger partial charge < -0.3 is 30.1 Å². The summed E-state index contributed by atoms with van der Waals surface area (Å²) in [4.78, 5) is 29.9. The highest BCUT2D eigenvalue weighted by Gasteiger charge is 2.46. The third kappa shape index (κ3) is 4.14. The molecule has 0 aromatic carbocycles. The summed E-state index contributed by atoms with van der Waals surface area (Å²) in [6, 6.07) is 0. The van der Waals surface area contributed by atoms with Crippen LogP contribution in [0.25, 0.3) is 0 Å². The van der Waals surface area contributed by atoms with Gasteiger partial charge in [0.15, 0.2) is 12.0 Å². The first kappa shape index (κ1) is 19.7. The van der Waals surface area contributed by atoms with E-state index in [4.69, 9.17) is 25.0 Å². The highest BCUT2D eigenvalue weighted by Crippen LogP contribution is 2.40. The lowest BCUT2D eigenvalue weighted by atomic mass is 10.1. The number of aliphatic hydroxyl groups is 1. The van der Waals surface area contributed by atoms with Gasteiger partial charge in [0.05, 0.1) is 18.6 Å². The first-order valence-electron chi connectivity index (χ1n) is 7.40. The molecule has 0 spiro atoms. The van der Waals surface area contributed by atoms with E-state index in [-0.39, 0.29) is 24.2 Å². The van der Waals surface area contributed by atoms with Crippen LogP contribution < -0.4 is 5.73 Å². The normalized spacial score (nSPS) is 27.6. The van der Waals surface area contributed by atoms with Crippen LogP contribution in [0.1, 0.15) is 18.3 Å². The predicted molar refractivity (Wildman–Crippen MR) is 90.3 cm³/mol. The second-order valence-electron chi connectivity index (χ2n) is 5.52. The molecule has 2 rings (SSSR count). The molecule has 4 atom stereocenters. The van der Waals surface area contributed by atoms with Crippen molar-refractivity contribution in [2.24, 2.45) is 15.7 Å². The van der Waals surface area contributed by atoms with E-state index >= 15 is 0 Å². The van der Waals surface area contributed by atoms with Crippen LogP contribution in [-0.4, -0.2) is 75.6 Å². The summed E-state index contributed by atoms with van der Waals surface area (Å²) < 4.78 is 23.5. The molecule has 0 radical (unpaired) electrons. The van der Waals surface area contributed by atoms with Gasteiger partial charge in [0.2, 0.25) is 0 Å². The fraction of sp³-hybridized carbons (Fsp3) is 0.615. The number of rotatable bonds is 7. The van der Waals surface area contributed by atoms with Gasteiger partial charge in [-0.15, -0.1) is 0 Å². The summed E-state index contributed by atoms with van der Waals surface area (Å²) in [7, 11) is -1.30. The molecule has 5 N–H and O–H groups in total. The minimum absolute atomic E-state index is 0.0211. The van der Waals surface area contributed by atoms with E-state index in [2.05, 4.69) is 21.7 Å². The lowest BCUT2D eigenvalue weighted by molar-refractivity contribution is -0.0367. The van der Waals surface area contributed by atoms with Gasteiger partial charge in [-0.2, -0.15) is 0 Å². The number of aliphatic imine (C=N–C) groups is 2. The molecule has 12 heteroatoms. The van der Waals surface area contributed by atoms with E-state index in [9.17, 15) is 9.67 Å². The Labute approximate surface area is 144 Å². The molecule has 0 unspecified atom stereocenters. The Balaban J connectivity index is 2.29. The van der Waals surface area contributed by atoms with Gasteiger partial charge >= 0.3 is 7.60 Å². The van der Waals surface area contributed by atoms with Gasteiger partial charge in [-0.1, -0.05) is 0 Å². The number of hydrogen-bond donors (Lipinski definition) is 4. The third-order valence-corrected chi connectivity index (χ3v) is 4.80. The van der Waals surface area contributed by atoms with E-state index in [1.165, 1.54) is 25.1 Å². The molecular weight excluding hydrogens is 353 g/mol. The lowest BCUT2D eigenvalue weighted by Crippen LogP contribution is -2.33. The van der Waals surface area contributed by atoms with Crippen molar-refractivity contribution in [1.82, 2.24) is 9.55 Å². The first-order valence-corrected chi connectivity index (χ1v) is 9.20. The second-order valence-corrected chi connectivity index (χ2v) is 7.30. The minimum atomic E-state index is -4.19. The fourth-order valence-corrected chi connectivity index (χ4v) is 3.34. The van der Waals surface area contributed by atoms with Crippen molar-refractivity contribution in [3.8, 4) is 0 Å². The SMILES string of the molecule is C=Nc1c(C(N)=NC)ncn1[C@@H]1O[C@H](CCP(=O)(O)O)[C@@H](OC)[C@H]1O. The number of nitrogens with zero attached hydrogens (tertiary/aromatic N) is 4. The summed E-state index contributed by atoms with van der Waals surface area (Å²) in [6.07, 6.45) is -2.48. The molecule has 1 aliphatic heterocycles. The Morgan fingerprint density at radius 1 is 1.60 bits per heavy atom. The van der Waals surface area contributed by atoms with Crippen LogP contribution in [0.15, 0.2) is 16.3 Å². The molecule has 1 saturated heterocycles. The van der Waals surface area contributed by atoms with Crippen LogP contribution >= 0.6 is 7.60 Å².